The van der Waals surface area contributed by atoms with E-state index in [0.29, 0.717) is 12.2 Å². The van der Waals surface area contributed by atoms with Crippen LogP contribution >= 0.6 is 0 Å². The number of carbonyl (C=O) groups excluding carboxylic acids is 2. The highest BCUT2D eigenvalue weighted by Gasteiger charge is 2.72. The molecule has 0 aromatic carbocycles. The summed E-state index contributed by atoms with van der Waals surface area (Å²) in [6.07, 6.45) is 3.58. The molecule has 0 radical (unpaired) electrons. The molecule has 1 N–H and O–H groups in total. The van der Waals surface area contributed by atoms with Crippen LogP contribution in [0.4, 0.5) is 5.82 Å². The van der Waals surface area contributed by atoms with Crippen molar-refractivity contribution in [2.24, 2.45) is 16.2 Å². The minimum absolute atomic E-state index is 0.0595. The predicted molar refractivity (Wildman–Crippen MR) is 76.0 cm³/mol. The zero-order valence-electron chi connectivity index (χ0n) is 12.2. The third kappa shape index (κ3) is 1.39. The van der Waals surface area contributed by atoms with Gasteiger partial charge in [-0.05, 0) is 30.4 Å². The summed E-state index contributed by atoms with van der Waals surface area (Å²) in [5, 5.41) is 2.89. The van der Waals surface area contributed by atoms with Crippen molar-refractivity contribution < 1.29 is 9.59 Å². The molecule has 3 rings (SSSR count). The summed E-state index contributed by atoms with van der Waals surface area (Å²) in [5.41, 5.74) is -1.26. The average Bonchev–Trinajstić information content (AvgIpc) is 2.70. The Labute approximate surface area is 119 Å². The van der Waals surface area contributed by atoms with Crippen molar-refractivity contribution in [3.63, 3.8) is 0 Å². The summed E-state index contributed by atoms with van der Waals surface area (Å²) in [5.74, 6) is 0.719. The van der Waals surface area contributed by atoms with Crippen LogP contribution in [-0.2, 0) is 9.59 Å². The van der Waals surface area contributed by atoms with Gasteiger partial charge in [0, 0.05) is 18.0 Å². The van der Waals surface area contributed by atoms with Gasteiger partial charge in [0.2, 0.25) is 5.91 Å². The Balaban J connectivity index is 1.94. The first kappa shape index (κ1) is 13.3. The number of Topliss-reactive ketones (excluding diaryl/α,β-unsaturated/α-hetero) is 1. The number of nitrogens with one attached hydrogen (secondary N) is 1. The first-order valence-electron chi connectivity index (χ1n) is 7.09. The van der Waals surface area contributed by atoms with Gasteiger partial charge < -0.3 is 5.32 Å². The molecule has 1 aromatic rings. The number of nitrogens with zero attached hydrogens (tertiary/aromatic N) is 1. The van der Waals surface area contributed by atoms with E-state index in [2.05, 4.69) is 24.1 Å². The Hall–Kier alpha value is -1.71. The van der Waals surface area contributed by atoms with E-state index in [0.717, 1.165) is 12.8 Å². The van der Waals surface area contributed by atoms with Crippen molar-refractivity contribution in [1.82, 2.24) is 4.98 Å². The second-order valence-corrected chi connectivity index (χ2v) is 6.81. The lowest BCUT2D eigenvalue weighted by molar-refractivity contribution is -0.131. The normalized spacial score (nSPS) is 34.2. The molecule has 2 aliphatic rings. The molecule has 20 heavy (non-hydrogen) atoms. The van der Waals surface area contributed by atoms with Crippen LogP contribution in [0.25, 0.3) is 0 Å². The molecule has 106 valence electrons. The minimum atomic E-state index is -0.587. The van der Waals surface area contributed by atoms with Crippen molar-refractivity contribution in [3.8, 4) is 0 Å². The Morgan fingerprint density at radius 3 is 2.50 bits per heavy atom. The van der Waals surface area contributed by atoms with Gasteiger partial charge in [0.15, 0.2) is 0 Å². The minimum Gasteiger partial charge on any atom is -0.310 e. The molecule has 0 aliphatic heterocycles. The van der Waals surface area contributed by atoms with Gasteiger partial charge in [0.05, 0.1) is 5.41 Å². The summed E-state index contributed by atoms with van der Waals surface area (Å²) < 4.78 is 0. The van der Waals surface area contributed by atoms with Crippen LogP contribution in [0.5, 0.6) is 0 Å². The molecule has 0 unspecified atom stereocenters. The molecule has 1 heterocycles. The summed E-state index contributed by atoms with van der Waals surface area (Å²) in [6.45, 7) is 6.13. The molecule has 1 amide bonds. The number of pyridine rings is 1. The zero-order valence-corrected chi connectivity index (χ0v) is 12.2. The van der Waals surface area contributed by atoms with Crippen molar-refractivity contribution in [3.05, 3.63) is 24.4 Å². The number of aromatic nitrogens is 1. The number of carbonyl (C=O) groups is 2. The second kappa shape index (κ2) is 3.90. The highest BCUT2D eigenvalue weighted by molar-refractivity contribution is 6.04. The van der Waals surface area contributed by atoms with Crippen LogP contribution in [-0.4, -0.2) is 16.7 Å². The first-order valence-corrected chi connectivity index (χ1v) is 7.09. The lowest BCUT2D eigenvalue weighted by Gasteiger charge is -2.38. The van der Waals surface area contributed by atoms with Crippen LogP contribution in [0.2, 0.25) is 0 Å². The van der Waals surface area contributed by atoms with Crippen LogP contribution in [0.1, 0.15) is 40.0 Å². The summed E-state index contributed by atoms with van der Waals surface area (Å²) in [4.78, 5) is 29.3. The molecular formula is C16H20N2O2. The number of hydrogen-bond donors (Lipinski definition) is 1. The number of ketones is 1. The average molecular weight is 272 g/mol. The fraction of sp³-hybridized carbons (Fsp3) is 0.562. The second-order valence-electron chi connectivity index (χ2n) is 6.81. The monoisotopic (exact) mass is 272 g/mol. The molecule has 2 aliphatic carbocycles. The van der Waals surface area contributed by atoms with Crippen molar-refractivity contribution in [1.29, 1.82) is 0 Å². The van der Waals surface area contributed by atoms with E-state index < -0.39 is 5.41 Å². The lowest BCUT2D eigenvalue weighted by atomic mass is 9.64. The van der Waals surface area contributed by atoms with Gasteiger partial charge in [0.1, 0.15) is 11.6 Å². The smallest absolute Gasteiger partial charge is 0.232 e. The standard InChI is InChI=1S/C16H20N2O2/c1-14(2)15(3)7-8-16(14,10-11(15)19)13(20)18-12-6-4-5-9-17-12/h4-6,9H,7-8,10H2,1-3H3,(H,17,18,20)/t15-,16-/m0/s1. The van der Waals surface area contributed by atoms with E-state index >= 15 is 0 Å². The number of hydrogen-bond acceptors (Lipinski definition) is 3. The summed E-state index contributed by atoms with van der Waals surface area (Å²) in [6, 6.07) is 5.42. The summed E-state index contributed by atoms with van der Waals surface area (Å²) in [7, 11) is 0. The molecule has 1 aromatic heterocycles. The number of anilines is 1. The fourth-order valence-corrected chi connectivity index (χ4v) is 4.03. The van der Waals surface area contributed by atoms with E-state index in [1.165, 1.54) is 0 Å². The summed E-state index contributed by atoms with van der Waals surface area (Å²) >= 11 is 0. The molecule has 2 saturated carbocycles. The SMILES string of the molecule is CC1(C)[C@@]2(C(=O)Nc3ccccn3)CC[C@@]1(C)C(=O)C2. The van der Waals surface area contributed by atoms with E-state index in [4.69, 9.17) is 0 Å². The van der Waals surface area contributed by atoms with E-state index in [1.807, 2.05) is 19.1 Å². The number of fused-ring (bicyclic) bond motifs is 2. The van der Waals surface area contributed by atoms with Crippen molar-refractivity contribution in [2.75, 3.05) is 5.32 Å². The molecule has 2 fully saturated rings. The van der Waals surface area contributed by atoms with Crippen LogP contribution in [0, 0.1) is 16.2 Å². The highest BCUT2D eigenvalue weighted by atomic mass is 16.2. The largest absolute Gasteiger partial charge is 0.310 e. The van der Waals surface area contributed by atoms with Crippen LogP contribution < -0.4 is 5.32 Å². The van der Waals surface area contributed by atoms with Gasteiger partial charge in [-0.1, -0.05) is 26.8 Å². The first-order chi connectivity index (χ1) is 9.33. The quantitative estimate of drug-likeness (QED) is 0.900. The fourth-order valence-electron chi connectivity index (χ4n) is 4.03. The maximum absolute atomic E-state index is 12.8. The lowest BCUT2D eigenvalue weighted by Crippen LogP contribution is -2.43. The van der Waals surface area contributed by atoms with Crippen LogP contribution in [0.15, 0.2) is 24.4 Å². The maximum atomic E-state index is 12.8. The molecule has 2 bridgehead atoms. The van der Waals surface area contributed by atoms with E-state index in [9.17, 15) is 9.59 Å². The Kier molecular flexibility index (Phi) is 2.59. The van der Waals surface area contributed by atoms with Gasteiger partial charge in [-0.15, -0.1) is 0 Å². The van der Waals surface area contributed by atoms with Crippen molar-refractivity contribution in [2.45, 2.75) is 40.0 Å². The highest BCUT2D eigenvalue weighted by Crippen LogP contribution is 2.70. The molecule has 0 spiro atoms. The topological polar surface area (TPSA) is 59.1 Å². The Morgan fingerprint density at radius 2 is 2.00 bits per heavy atom. The van der Waals surface area contributed by atoms with Gasteiger partial charge >= 0.3 is 0 Å². The van der Waals surface area contributed by atoms with E-state index in [1.54, 1.807) is 12.3 Å². The van der Waals surface area contributed by atoms with Crippen molar-refractivity contribution >= 4 is 17.5 Å². The van der Waals surface area contributed by atoms with Gasteiger partial charge in [-0.3, -0.25) is 9.59 Å². The van der Waals surface area contributed by atoms with E-state index in [-0.39, 0.29) is 22.5 Å². The molecular weight excluding hydrogens is 252 g/mol. The predicted octanol–water partition coefficient (Wildman–Crippen LogP) is 2.81. The molecule has 4 nitrogen and oxygen atoms in total. The Morgan fingerprint density at radius 1 is 1.25 bits per heavy atom. The molecule has 2 atom stereocenters. The third-order valence-electron chi connectivity index (χ3n) is 6.05. The molecule has 4 heteroatoms. The van der Waals surface area contributed by atoms with Gasteiger partial charge in [0.25, 0.3) is 0 Å². The van der Waals surface area contributed by atoms with Gasteiger partial charge in [-0.25, -0.2) is 4.98 Å². The zero-order chi connectivity index (χ0) is 14.6. The van der Waals surface area contributed by atoms with Gasteiger partial charge in [-0.2, -0.15) is 0 Å². The number of amides is 1. The maximum Gasteiger partial charge on any atom is 0.232 e. The number of rotatable bonds is 2. The van der Waals surface area contributed by atoms with Crippen LogP contribution in [0.3, 0.4) is 0 Å². The third-order valence-corrected chi connectivity index (χ3v) is 6.05. The Bertz CT molecular complexity index is 581. The molecule has 0 saturated heterocycles.